The first kappa shape index (κ1) is 14.8. The van der Waals surface area contributed by atoms with Crippen molar-refractivity contribution in [1.82, 2.24) is 4.98 Å². The Bertz CT molecular complexity index is 631. The number of nitrogens with one attached hydrogen (secondary N) is 1. The van der Waals surface area contributed by atoms with Crippen LogP contribution in [0.3, 0.4) is 0 Å². The first-order valence-electron chi connectivity index (χ1n) is 6.59. The average Bonchev–Trinajstić information content (AvgIpc) is 2.48. The van der Waals surface area contributed by atoms with Gasteiger partial charge in [-0.25, -0.2) is 4.98 Å². The Kier molecular flexibility index (Phi) is 4.71. The van der Waals surface area contributed by atoms with Crippen LogP contribution in [0.5, 0.6) is 5.75 Å². The molecule has 0 amide bonds. The molecule has 110 valence electrons. The van der Waals surface area contributed by atoms with Crippen LogP contribution in [-0.4, -0.2) is 23.1 Å². The molecule has 1 atom stereocenters. The standard InChI is InChI=1S/C15H17N3O3/c1-11(10-12-6-3-4-8-14(12)21-2)17-15-13(18(19)20)7-5-9-16-15/h3-9,11H,10H2,1-2H3,(H,16,17)/t11-/m0/s1. The van der Waals surface area contributed by atoms with Gasteiger partial charge in [0.2, 0.25) is 5.82 Å². The zero-order valence-electron chi connectivity index (χ0n) is 11.9. The van der Waals surface area contributed by atoms with Gasteiger partial charge in [-0.1, -0.05) is 18.2 Å². The molecule has 6 heteroatoms. The highest BCUT2D eigenvalue weighted by atomic mass is 16.6. The molecule has 0 saturated heterocycles. The van der Waals surface area contributed by atoms with Crippen molar-refractivity contribution in [1.29, 1.82) is 0 Å². The number of pyridine rings is 1. The van der Waals surface area contributed by atoms with Crippen molar-refractivity contribution in [2.45, 2.75) is 19.4 Å². The monoisotopic (exact) mass is 287 g/mol. The Hall–Kier alpha value is -2.63. The van der Waals surface area contributed by atoms with Crippen molar-refractivity contribution < 1.29 is 9.66 Å². The Balaban J connectivity index is 2.12. The van der Waals surface area contributed by atoms with Crippen LogP contribution in [0.15, 0.2) is 42.6 Å². The zero-order valence-corrected chi connectivity index (χ0v) is 11.9. The lowest BCUT2D eigenvalue weighted by Gasteiger charge is -2.16. The second-order valence-electron chi connectivity index (χ2n) is 4.69. The van der Waals surface area contributed by atoms with Crippen LogP contribution in [0, 0.1) is 10.1 Å². The number of hydrogen-bond acceptors (Lipinski definition) is 5. The Labute approximate surface area is 122 Å². The predicted octanol–water partition coefficient (Wildman–Crippen LogP) is 3.04. The highest BCUT2D eigenvalue weighted by Crippen LogP contribution is 2.23. The number of hydrogen-bond donors (Lipinski definition) is 1. The molecule has 1 heterocycles. The predicted molar refractivity (Wildman–Crippen MR) is 80.7 cm³/mol. The molecule has 2 rings (SSSR count). The highest BCUT2D eigenvalue weighted by molar-refractivity contribution is 5.55. The molecule has 0 unspecified atom stereocenters. The van der Waals surface area contributed by atoms with E-state index in [0.29, 0.717) is 6.42 Å². The first-order valence-corrected chi connectivity index (χ1v) is 6.59. The summed E-state index contributed by atoms with van der Waals surface area (Å²) >= 11 is 0. The number of para-hydroxylation sites is 1. The quantitative estimate of drug-likeness (QED) is 0.652. The molecular weight excluding hydrogens is 270 g/mol. The summed E-state index contributed by atoms with van der Waals surface area (Å²) in [4.78, 5) is 14.6. The van der Waals surface area contributed by atoms with E-state index in [9.17, 15) is 10.1 Å². The maximum Gasteiger partial charge on any atom is 0.311 e. The number of aromatic nitrogens is 1. The van der Waals surface area contributed by atoms with E-state index in [2.05, 4.69) is 10.3 Å². The van der Waals surface area contributed by atoms with Crippen molar-refractivity contribution in [3.05, 3.63) is 58.3 Å². The summed E-state index contributed by atoms with van der Waals surface area (Å²) in [5.41, 5.74) is 1.02. The van der Waals surface area contributed by atoms with E-state index in [1.165, 1.54) is 12.3 Å². The van der Waals surface area contributed by atoms with Crippen LogP contribution in [-0.2, 0) is 6.42 Å². The molecule has 1 aromatic heterocycles. The summed E-state index contributed by atoms with van der Waals surface area (Å²) in [5, 5.41) is 14.1. The van der Waals surface area contributed by atoms with Gasteiger partial charge in [-0.2, -0.15) is 0 Å². The lowest BCUT2D eigenvalue weighted by molar-refractivity contribution is -0.384. The molecule has 0 aliphatic carbocycles. The third-order valence-electron chi connectivity index (χ3n) is 3.08. The van der Waals surface area contributed by atoms with Gasteiger partial charge in [-0.3, -0.25) is 10.1 Å². The molecule has 1 N–H and O–H groups in total. The van der Waals surface area contributed by atoms with E-state index in [4.69, 9.17) is 4.74 Å². The molecular formula is C15H17N3O3. The number of nitrogens with zero attached hydrogens (tertiary/aromatic N) is 2. The maximum atomic E-state index is 11.0. The summed E-state index contributed by atoms with van der Waals surface area (Å²) in [7, 11) is 1.63. The van der Waals surface area contributed by atoms with Gasteiger partial charge in [0.05, 0.1) is 12.0 Å². The Morgan fingerprint density at radius 3 is 2.81 bits per heavy atom. The molecule has 0 aliphatic rings. The number of benzene rings is 1. The fraction of sp³-hybridized carbons (Fsp3) is 0.267. The molecule has 1 aromatic carbocycles. The van der Waals surface area contributed by atoms with Crippen molar-refractivity contribution >= 4 is 11.5 Å². The van der Waals surface area contributed by atoms with Crippen LogP contribution in [0.25, 0.3) is 0 Å². The Morgan fingerprint density at radius 1 is 1.33 bits per heavy atom. The molecule has 0 radical (unpaired) electrons. The molecule has 6 nitrogen and oxygen atoms in total. The topological polar surface area (TPSA) is 77.3 Å². The fourth-order valence-corrected chi connectivity index (χ4v) is 2.14. The van der Waals surface area contributed by atoms with Crippen molar-refractivity contribution in [2.75, 3.05) is 12.4 Å². The lowest BCUT2D eigenvalue weighted by atomic mass is 10.1. The van der Waals surface area contributed by atoms with E-state index in [0.717, 1.165) is 11.3 Å². The smallest absolute Gasteiger partial charge is 0.311 e. The summed E-state index contributed by atoms with van der Waals surface area (Å²) in [6, 6.07) is 10.7. The maximum absolute atomic E-state index is 11.0. The SMILES string of the molecule is COc1ccccc1C[C@H](C)Nc1ncccc1[N+](=O)[O-]. The number of methoxy groups -OCH3 is 1. The van der Waals surface area contributed by atoms with E-state index < -0.39 is 4.92 Å². The summed E-state index contributed by atoms with van der Waals surface area (Å²) in [5.74, 6) is 1.09. The summed E-state index contributed by atoms with van der Waals surface area (Å²) in [6.07, 6.45) is 2.21. The fourth-order valence-electron chi connectivity index (χ4n) is 2.14. The molecule has 21 heavy (non-hydrogen) atoms. The van der Waals surface area contributed by atoms with E-state index in [1.54, 1.807) is 13.2 Å². The zero-order chi connectivity index (χ0) is 15.2. The number of rotatable bonds is 6. The minimum Gasteiger partial charge on any atom is -0.496 e. The second kappa shape index (κ2) is 6.69. The average molecular weight is 287 g/mol. The van der Waals surface area contributed by atoms with Gasteiger partial charge in [0.15, 0.2) is 0 Å². The van der Waals surface area contributed by atoms with Gasteiger partial charge >= 0.3 is 5.69 Å². The molecule has 2 aromatic rings. The van der Waals surface area contributed by atoms with Crippen molar-refractivity contribution in [3.63, 3.8) is 0 Å². The highest BCUT2D eigenvalue weighted by Gasteiger charge is 2.16. The van der Waals surface area contributed by atoms with Gasteiger partial charge < -0.3 is 10.1 Å². The first-order chi connectivity index (χ1) is 10.1. The number of anilines is 1. The summed E-state index contributed by atoms with van der Waals surface area (Å²) in [6.45, 7) is 1.95. The number of ether oxygens (including phenoxy) is 1. The molecule has 0 bridgehead atoms. The third-order valence-corrected chi connectivity index (χ3v) is 3.08. The van der Waals surface area contributed by atoms with Crippen LogP contribution >= 0.6 is 0 Å². The van der Waals surface area contributed by atoms with E-state index >= 15 is 0 Å². The van der Waals surface area contributed by atoms with Crippen LogP contribution in [0.4, 0.5) is 11.5 Å². The largest absolute Gasteiger partial charge is 0.496 e. The van der Waals surface area contributed by atoms with Crippen LogP contribution in [0.2, 0.25) is 0 Å². The normalized spacial score (nSPS) is 11.7. The van der Waals surface area contributed by atoms with Gasteiger partial charge in [0.25, 0.3) is 0 Å². The molecule has 0 spiro atoms. The minimum absolute atomic E-state index is 0.0186. The Morgan fingerprint density at radius 2 is 2.10 bits per heavy atom. The van der Waals surface area contributed by atoms with Gasteiger partial charge in [0.1, 0.15) is 5.75 Å². The van der Waals surface area contributed by atoms with Gasteiger partial charge in [0, 0.05) is 18.3 Å². The van der Waals surface area contributed by atoms with Crippen molar-refractivity contribution in [3.8, 4) is 5.75 Å². The lowest BCUT2D eigenvalue weighted by Crippen LogP contribution is -2.20. The third kappa shape index (κ3) is 3.68. The van der Waals surface area contributed by atoms with Crippen LogP contribution < -0.4 is 10.1 Å². The molecule has 0 fully saturated rings. The van der Waals surface area contributed by atoms with E-state index in [1.807, 2.05) is 31.2 Å². The van der Waals surface area contributed by atoms with E-state index in [-0.39, 0.29) is 17.5 Å². The van der Waals surface area contributed by atoms with Crippen molar-refractivity contribution in [2.24, 2.45) is 0 Å². The molecule has 0 aliphatic heterocycles. The molecule has 0 saturated carbocycles. The number of nitro groups is 1. The van der Waals surface area contributed by atoms with Crippen LogP contribution in [0.1, 0.15) is 12.5 Å². The second-order valence-corrected chi connectivity index (χ2v) is 4.69. The minimum atomic E-state index is -0.439. The van der Waals surface area contributed by atoms with Gasteiger partial charge in [-0.15, -0.1) is 0 Å². The summed E-state index contributed by atoms with van der Waals surface area (Å²) < 4.78 is 5.31. The van der Waals surface area contributed by atoms with Gasteiger partial charge in [-0.05, 0) is 31.0 Å².